The SMILES string of the molecule is CCN(CC(=O)NC(N)=O)CC(C)(C)CN. The lowest BCUT2D eigenvalue weighted by Gasteiger charge is -2.30. The van der Waals surface area contributed by atoms with Crippen molar-refractivity contribution >= 4 is 11.9 Å². The lowest BCUT2D eigenvalue weighted by atomic mass is 9.93. The fourth-order valence-corrected chi connectivity index (χ4v) is 1.33. The molecule has 0 saturated carbocycles. The van der Waals surface area contributed by atoms with Crippen LogP contribution in [0, 0.1) is 5.41 Å². The number of imide groups is 1. The summed E-state index contributed by atoms with van der Waals surface area (Å²) in [5, 5.41) is 2.04. The van der Waals surface area contributed by atoms with Gasteiger partial charge < -0.3 is 11.5 Å². The fourth-order valence-electron chi connectivity index (χ4n) is 1.33. The van der Waals surface area contributed by atoms with Gasteiger partial charge in [0.05, 0.1) is 6.54 Å². The van der Waals surface area contributed by atoms with E-state index in [0.29, 0.717) is 13.1 Å². The first-order valence-corrected chi connectivity index (χ1v) is 5.32. The third-order valence-electron chi connectivity index (χ3n) is 2.28. The van der Waals surface area contributed by atoms with Crippen molar-refractivity contribution in [3.05, 3.63) is 0 Å². The molecule has 0 atom stereocenters. The zero-order valence-corrected chi connectivity index (χ0v) is 10.2. The van der Waals surface area contributed by atoms with Crippen molar-refractivity contribution in [3.63, 3.8) is 0 Å². The van der Waals surface area contributed by atoms with Gasteiger partial charge in [0.25, 0.3) is 0 Å². The van der Waals surface area contributed by atoms with Crippen LogP contribution >= 0.6 is 0 Å². The highest BCUT2D eigenvalue weighted by atomic mass is 16.2. The predicted molar refractivity (Wildman–Crippen MR) is 62.7 cm³/mol. The molecule has 3 amide bonds. The van der Waals surface area contributed by atoms with E-state index in [2.05, 4.69) is 0 Å². The van der Waals surface area contributed by atoms with Crippen molar-refractivity contribution in [3.8, 4) is 0 Å². The second-order valence-corrected chi connectivity index (χ2v) is 4.58. The molecular formula is C10H22N4O2. The minimum absolute atomic E-state index is 0.0526. The Bertz CT molecular complexity index is 253. The number of hydrogen-bond acceptors (Lipinski definition) is 4. The number of amides is 3. The lowest BCUT2D eigenvalue weighted by molar-refractivity contribution is -0.121. The summed E-state index contributed by atoms with van der Waals surface area (Å²) in [5.74, 6) is -0.387. The van der Waals surface area contributed by atoms with Crippen molar-refractivity contribution in [2.24, 2.45) is 16.9 Å². The summed E-state index contributed by atoms with van der Waals surface area (Å²) in [7, 11) is 0. The van der Waals surface area contributed by atoms with E-state index in [0.717, 1.165) is 6.54 Å². The van der Waals surface area contributed by atoms with E-state index in [1.54, 1.807) is 0 Å². The Morgan fingerprint density at radius 2 is 1.94 bits per heavy atom. The number of carbonyl (C=O) groups is 2. The number of likely N-dealkylation sites (N-methyl/N-ethyl adjacent to an activating group) is 1. The molecule has 0 aliphatic carbocycles. The van der Waals surface area contributed by atoms with Crippen molar-refractivity contribution < 1.29 is 9.59 Å². The van der Waals surface area contributed by atoms with Gasteiger partial charge in [-0.1, -0.05) is 20.8 Å². The smallest absolute Gasteiger partial charge is 0.318 e. The molecule has 16 heavy (non-hydrogen) atoms. The second kappa shape index (κ2) is 6.44. The second-order valence-electron chi connectivity index (χ2n) is 4.58. The van der Waals surface area contributed by atoms with Crippen molar-refractivity contribution in [2.75, 3.05) is 26.2 Å². The maximum absolute atomic E-state index is 11.3. The Morgan fingerprint density at radius 1 is 1.38 bits per heavy atom. The van der Waals surface area contributed by atoms with Crippen molar-refractivity contribution in [1.29, 1.82) is 0 Å². The monoisotopic (exact) mass is 230 g/mol. The number of urea groups is 1. The van der Waals surface area contributed by atoms with E-state index in [-0.39, 0.29) is 17.9 Å². The Morgan fingerprint density at radius 3 is 2.31 bits per heavy atom. The first-order chi connectivity index (χ1) is 7.30. The Balaban J connectivity index is 4.20. The van der Waals surface area contributed by atoms with Crippen molar-refractivity contribution in [2.45, 2.75) is 20.8 Å². The molecule has 0 aliphatic heterocycles. The zero-order valence-electron chi connectivity index (χ0n) is 10.2. The molecule has 0 aliphatic rings. The van der Waals surface area contributed by atoms with Gasteiger partial charge in [-0.3, -0.25) is 15.0 Å². The average molecular weight is 230 g/mol. The number of hydrogen-bond donors (Lipinski definition) is 3. The molecule has 0 rings (SSSR count). The van der Waals surface area contributed by atoms with Gasteiger partial charge in [0, 0.05) is 6.54 Å². The first-order valence-electron chi connectivity index (χ1n) is 5.32. The van der Waals surface area contributed by atoms with Crippen LogP contribution in [0.15, 0.2) is 0 Å². The van der Waals surface area contributed by atoms with E-state index in [1.165, 1.54) is 0 Å². The molecule has 5 N–H and O–H groups in total. The first kappa shape index (κ1) is 14.9. The van der Waals surface area contributed by atoms with Crippen LogP contribution in [0.5, 0.6) is 0 Å². The highest BCUT2D eigenvalue weighted by Gasteiger charge is 2.21. The minimum atomic E-state index is -0.820. The molecule has 0 aromatic heterocycles. The summed E-state index contributed by atoms with van der Waals surface area (Å²) in [5.41, 5.74) is 10.4. The quantitative estimate of drug-likeness (QED) is 0.572. The van der Waals surface area contributed by atoms with Crippen LogP contribution in [-0.4, -0.2) is 43.0 Å². The van der Waals surface area contributed by atoms with Crippen LogP contribution in [0.3, 0.4) is 0 Å². The minimum Gasteiger partial charge on any atom is -0.351 e. The van der Waals surface area contributed by atoms with E-state index in [4.69, 9.17) is 11.5 Å². The summed E-state index contributed by atoms with van der Waals surface area (Å²) in [6, 6.07) is -0.820. The maximum atomic E-state index is 11.3. The molecule has 0 fully saturated rings. The number of carbonyl (C=O) groups excluding carboxylic acids is 2. The third kappa shape index (κ3) is 6.36. The van der Waals surface area contributed by atoms with E-state index in [1.807, 2.05) is 31.0 Å². The van der Waals surface area contributed by atoms with E-state index < -0.39 is 6.03 Å². The van der Waals surface area contributed by atoms with Crippen LogP contribution < -0.4 is 16.8 Å². The Hall–Kier alpha value is -1.14. The summed E-state index contributed by atoms with van der Waals surface area (Å²) < 4.78 is 0. The average Bonchev–Trinajstić information content (AvgIpc) is 2.15. The topological polar surface area (TPSA) is 101 Å². The molecule has 0 spiro atoms. The number of nitrogens with zero attached hydrogens (tertiary/aromatic N) is 1. The Labute approximate surface area is 96.3 Å². The largest absolute Gasteiger partial charge is 0.351 e. The van der Waals surface area contributed by atoms with Crippen LogP contribution in [0.25, 0.3) is 0 Å². The van der Waals surface area contributed by atoms with Gasteiger partial charge in [-0.05, 0) is 18.5 Å². The summed E-state index contributed by atoms with van der Waals surface area (Å²) >= 11 is 0. The summed E-state index contributed by atoms with van der Waals surface area (Å²) in [4.78, 5) is 23.7. The van der Waals surface area contributed by atoms with Gasteiger partial charge >= 0.3 is 6.03 Å². The standard InChI is InChI=1S/C10H22N4O2/c1-4-14(7-10(2,3)6-11)5-8(15)13-9(12)16/h4-7,11H2,1-3H3,(H3,12,13,15,16). The maximum Gasteiger partial charge on any atom is 0.318 e. The normalized spacial score (nSPS) is 11.6. The Kier molecular flexibility index (Phi) is 5.98. The van der Waals surface area contributed by atoms with Gasteiger partial charge in [-0.2, -0.15) is 0 Å². The zero-order chi connectivity index (χ0) is 12.8. The number of nitrogens with two attached hydrogens (primary N) is 2. The van der Waals surface area contributed by atoms with Crippen LogP contribution in [-0.2, 0) is 4.79 Å². The van der Waals surface area contributed by atoms with Gasteiger partial charge in [0.2, 0.25) is 5.91 Å². The molecule has 0 aromatic rings. The third-order valence-corrected chi connectivity index (χ3v) is 2.28. The van der Waals surface area contributed by atoms with Crippen molar-refractivity contribution in [1.82, 2.24) is 10.2 Å². The number of rotatable bonds is 6. The highest BCUT2D eigenvalue weighted by molar-refractivity contribution is 5.94. The fraction of sp³-hybridized carbons (Fsp3) is 0.800. The van der Waals surface area contributed by atoms with Crippen LogP contribution in [0.1, 0.15) is 20.8 Å². The molecule has 6 nitrogen and oxygen atoms in total. The number of primary amides is 1. The van der Waals surface area contributed by atoms with Crippen LogP contribution in [0.4, 0.5) is 4.79 Å². The molecule has 0 heterocycles. The molecule has 0 aromatic carbocycles. The van der Waals surface area contributed by atoms with E-state index >= 15 is 0 Å². The summed E-state index contributed by atoms with van der Waals surface area (Å²) in [6.45, 7) is 8.12. The summed E-state index contributed by atoms with van der Waals surface area (Å²) in [6.07, 6.45) is 0. The van der Waals surface area contributed by atoms with Crippen LogP contribution in [0.2, 0.25) is 0 Å². The molecule has 0 bridgehead atoms. The van der Waals surface area contributed by atoms with Gasteiger partial charge in [-0.15, -0.1) is 0 Å². The molecule has 94 valence electrons. The van der Waals surface area contributed by atoms with Gasteiger partial charge in [-0.25, -0.2) is 4.79 Å². The number of nitrogens with one attached hydrogen (secondary N) is 1. The van der Waals surface area contributed by atoms with E-state index in [9.17, 15) is 9.59 Å². The van der Waals surface area contributed by atoms with Gasteiger partial charge in [0.1, 0.15) is 0 Å². The van der Waals surface area contributed by atoms with Gasteiger partial charge in [0.15, 0.2) is 0 Å². The predicted octanol–water partition coefficient (Wildman–Crippen LogP) is -0.512. The highest BCUT2D eigenvalue weighted by Crippen LogP contribution is 2.14. The molecule has 6 heteroatoms. The lowest BCUT2D eigenvalue weighted by Crippen LogP contribution is -2.46. The molecule has 0 unspecified atom stereocenters. The molecular weight excluding hydrogens is 208 g/mol. The molecule has 0 saturated heterocycles. The molecule has 0 radical (unpaired) electrons.